The van der Waals surface area contributed by atoms with Crippen LogP contribution in [0.4, 0.5) is 0 Å². The Morgan fingerprint density at radius 3 is 2.85 bits per heavy atom. The topological polar surface area (TPSA) is 73.0 Å². The predicted octanol–water partition coefficient (Wildman–Crippen LogP) is 3.50. The minimum absolute atomic E-state index is 0.160. The Morgan fingerprint density at radius 1 is 1.23 bits per heavy atom. The molecule has 3 heterocycles. The van der Waals surface area contributed by atoms with Gasteiger partial charge in [0, 0.05) is 18.2 Å². The minimum Gasteiger partial charge on any atom is -0.359 e. The Hall–Kier alpha value is -2.89. The van der Waals surface area contributed by atoms with Gasteiger partial charge in [-0.2, -0.15) is 0 Å². The van der Waals surface area contributed by atoms with Crippen LogP contribution in [0.5, 0.6) is 0 Å². The third-order valence-electron chi connectivity index (χ3n) is 4.71. The van der Waals surface area contributed by atoms with E-state index in [2.05, 4.69) is 15.0 Å². The highest BCUT2D eigenvalue weighted by molar-refractivity contribution is 5.94. The number of nitrogens with one attached hydrogen (secondary N) is 1. The number of benzene rings is 1. The Labute approximate surface area is 152 Å². The summed E-state index contributed by atoms with van der Waals surface area (Å²) in [7, 11) is 0. The molecular formula is C20H22N4O2. The molecular weight excluding hydrogens is 328 g/mol. The molecule has 1 aliphatic heterocycles. The Morgan fingerprint density at radius 2 is 2.08 bits per heavy atom. The van der Waals surface area contributed by atoms with Crippen LogP contribution < -0.4 is 5.32 Å². The number of hydrogen-bond donors (Lipinski definition) is 1. The van der Waals surface area contributed by atoms with E-state index in [1.54, 1.807) is 0 Å². The number of amides is 1. The molecule has 0 spiro atoms. The van der Waals surface area contributed by atoms with Crippen molar-refractivity contribution in [3.63, 3.8) is 0 Å². The summed E-state index contributed by atoms with van der Waals surface area (Å²) in [5.41, 5.74) is 3.41. The number of hydrogen-bond acceptors (Lipinski definition) is 4. The number of aromatic nitrogens is 3. The quantitative estimate of drug-likeness (QED) is 0.781. The van der Waals surface area contributed by atoms with Crippen LogP contribution in [0.25, 0.3) is 11.4 Å². The van der Waals surface area contributed by atoms with Crippen LogP contribution in [-0.2, 0) is 19.5 Å². The van der Waals surface area contributed by atoms with Crippen molar-refractivity contribution in [2.75, 3.05) is 0 Å². The summed E-state index contributed by atoms with van der Waals surface area (Å²) in [6, 6.07) is 11.9. The van der Waals surface area contributed by atoms with Gasteiger partial charge in [0.25, 0.3) is 5.91 Å². The van der Waals surface area contributed by atoms with Crippen molar-refractivity contribution < 1.29 is 9.32 Å². The van der Waals surface area contributed by atoms with Crippen LogP contribution in [0.1, 0.15) is 46.9 Å². The second-order valence-electron chi connectivity index (χ2n) is 6.68. The molecule has 0 radical (unpaired) electrons. The lowest BCUT2D eigenvalue weighted by molar-refractivity contribution is 0.0941. The SMILES string of the molecule is Cc1cc(CNC(=O)c2nc(-c3ccccc3)n3c2CCCCC3)on1. The minimum atomic E-state index is -0.160. The van der Waals surface area contributed by atoms with E-state index in [1.807, 2.05) is 43.3 Å². The highest BCUT2D eigenvalue weighted by Gasteiger charge is 2.24. The average molecular weight is 350 g/mol. The monoisotopic (exact) mass is 350 g/mol. The maximum absolute atomic E-state index is 12.8. The van der Waals surface area contributed by atoms with Gasteiger partial charge in [-0.15, -0.1) is 0 Å². The Bertz CT molecular complexity index is 911. The summed E-state index contributed by atoms with van der Waals surface area (Å²) < 4.78 is 7.39. The molecule has 0 unspecified atom stereocenters. The molecule has 6 heteroatoms. The van der Waals surface area contributed by atoms with Crippen LogP contribution in [0.2, 0.25) is 0 Å². The van der Waals surface area contributed by atoms with E-state index < -0.39 is 0 Å². The Balaban J connectivity index is 1.64. The zero-order valence-electron chi connectivity index (χ0n) is 14.9. The predicted molar refractivity (Wildman–Crippen MR) is 97.6 cm³/mol. The molecule has 1 amide bonds. The van der Waals surface area contributed by atoms with Gasteiger partial charge < -0.3 is 14.4 Å². The molecule has 0 atom stereocenters. The molecule has 4 rings (SSSR count). The van der Waals surface area contributed by atoms with Crippen LogP contribution in [-0.4, -0.2) is 20.6 Å². The van der Waals surface area contributed by atoms with Crippen molar-refractivity contribution in [3.8, 4) is 11.4 Å². The Kier molecular flexibility index (Phi) is 4.56. The zero-order chi connectivity index (χ0) is 17.9. The summed E-state index contributed by atoms with van der Waals surface area (Å²) in [5.74, 6) is 1.36. The van der Waals surface area contributed by atoms with E-state index in [0.717, 1.165) is 48.6 Å². The maximum atomic E-state index is 12.8. The first kappa shape index (κ1) is 16.6. The van der Waals surface area contributed by atoms with Crippen LogP contribution in [0.15, 0.2) is 40.9 Å². The van der Waals surface area contributed by atoms with Crippen molar-refractivity contribution in [3.05, 3.63) is 59.2 Å². The van der Waals surface area contributed by atoms with Crippen molar-refractivity contribution in [2.45, 2.75) is 45.7 Å². The zero-order valence-corrected chi connectivity index (χ0v) is 14.9. The van der Waals surface area contributed by atoms with E-state index >= 15 is 0 Å². The van der Waals surface area contributed by atoms with E-state index in [-0.39, 0.29) is 5.91 Å². The first-order chi connectivity index (χ1) is 12.7. The number of rotatable bonds is 4. The normalized spacial score (nSPS) is 13.9. The molecule has 0 aliphatic carbocycles. The van der Waals surface area contributed by atoms with Gasteiger partial charge >= 0.3 is 0 Å². The molecule has 1 N–H and O–H groups in total. The third-order valence-corrected chi connectivity index (χ3v) is 4.71. The molecule has 6 nitrogen and oxygen atoms in total. The average Bonchev–Trinajstić information content (AvgIpc) is 3.16. The molecule has 0 fully saturated rings. The van der Waals surface area contributed by atoms with Crippen LogP contribution in [0.3, 0.4) is 0 Å². The smallest absolute Gasteiger partial charge is 0.272 e. The standard InChI is InChI=1S/C20H22N4O2/c1-14-12-16(26-23-14)13-21-20(25)18-17-10-6-3-7-11-24(17)19(22-18)15-8-4-2-5-9-15/h2,4-5,8-9,12H,3,6-7,10-11,13H2,1H3,(H,21,25). The van der Waals surface area contributed by atoms with E-state index in [9.17, 15) is 4.79 Å². The molecule has 0 bridgehead atoms. The van der Waals surface area contributed by atoms with E-state index in [0.29, 0.717) is 18.0 Å². The van der Waals surface area contributed by atoms with Crippen molar-refractivity contribution >= 4 is 5.91 Å². The summed E-state index contributed by atoms with van der Waals surface area (Å²) in [4.78, 5) is 17.5. The van der Waals surface area contributed by atoms with E-state index in [1.165, 1.54) is 6.42 Å². The third kappa shape index (κ3) is 3.27. The van der Waals surface area contributed by atoms with Gasteiger partial charge in [-0.05, 0) is 26.2 Å². The van der Waals surface area contributed by atoms with Gasteiger partial charge in [-0.1, -0.05) is 41.9 Å². The first-order valence-corrected chi connectivity index (χ1v) is 9.07. The number of carbonyl (C=O) groups excluding carboxylic acids is 1. The molecule has 0 saturated carbocycles. The van der Waals surface area contributed by atoms with Crippen LogP contribution in [0, 0.1) is 6.92 Å². The summed E-state index contributed by atoms with van der Waals surface area (Å²) in [5, 5.41) is 6.76. The van der Waals surface area contributed by atoms with Gasteiger partial charge in [0.2, 0.25) is 0 Å². The van der Waals surface area contributed by atoms with Crippen molar-refractivity contribution in [1.29, 1.82) is 0 Å². The number of aryl methyl sites for hydroxylation is 1. The molecule has 1 aromatic carbocycles. The van der Waals surface area contributed by atoms with Crippen molar-refractivity contribution in [1.82, 2.24) is 20.0 Å². The first-order valence-electron chi connectivity index (χ1n) is 9.07. The molecule has 1 aliphatic rings. The summed E-state index contributed by atoms with van der Waals surface area (Å²) in [6.07, 6.45) is 4.25. The highest BCUT2D eigenvalue weighted by Crippen LogP contribution is 2.27. The van der Waals surface area contributed by atoms with Gasteiger partial charge in [0.1, 0.15) is 11.5 Å². The molecule has 2 aromatic heterocycles. The lowest BCUT2D eigenvalue weighted by Gasteiger charge is -2.08. The second-order valence-corrected chi connectivity index (χ2v) is 6.68. The van der Waals surface area contributed by atoms with E-state index in [4.69, 9.17) is 9.51 Å². The largest absolute Gasteiger partial charge is 0.359 e. The number of imidazole rings is 1. The maximum Gasteiger partial charge on any atom is 0.272 e. The van der Waals surface area contributed by atoms with Crippen LogP contribution >= 0.6 is 0 Å². The van der Waals surface area contributed by atoms with Gasteiger partial charge in [0.05, 0.1) is 17.9 Å². The van der Waals surface area contributed by atoms with Gasteiger partial charge in [-0.3, -0.25) is 4.79 Å². The fourth-order valence-electron chi connectivity index (χ4n) is 3.46. The fraction of sp³-hybridized carbons (Fsp3) is 0.350. The molecule has 3 aromatic rings. The highest BCUT2D eigenvalue weighted by atomic mass is 16.5. The summed E-state index contributed by atoms with van der Waals surface area (Å²) in [6.45, 7) is 3.07. The number of carbonyl (C=O) groups is 1. The number of nitrogens with zero attached hydrogens (tertiary/aromatic N) is 3. The molecule has 0 saturated heterocycles. The number of fused-ring (bicyclic) bond motifs is 1. The summed E-state index contributed by atoms with van der Waals surface area (Å²) >= 11 is 0. The van der Waals surface area contributed by atoms with Crippen molar-refractivity contribution in [2.24, 2.45) is 0 Å². The van der Waals surface area contributed by atoms with Gasteiger partial charge in [-0.25, -0.2) is 4.98 Å². The molecule has 134 valence electrons. The lowest BCUT2D eigenvalue weighted by atomic mass is 10.1. The lowest BCUT2D eigenvalue weighted by Crippen LogP contribution is -2.24. The fourth-order valence-corrected chi connectivity index (χ4v) is 3.46. The molecule has 26 heavy (non-hydrogen) atoms. The van der Waals surface area contributed by atoms with Gasteiger partial charge in [0.15, 0.2) is 5.76 Å². The second kappa shape index (κ2) is 7.15.